The van der Waals surface area contributed by atoms with E-state index < -0.39 is 5.91 Å². The molecular formula is C12H21N5O3S. The number of amides is 2. The fourth-order valence-corrected chi connectivity index (χ4v) is 2.16. The molecule has 0 unspecified atom stereocenters. The smallest absolute Gasteiger partial charge is 0.265 e. The average molecular weight is 315 g/mol. The number of anilines is 2. The molecule has 21 heavy (non-hydrogen) atoms. The Balaban J connectivity index is 2.41. The predicted molar refractivity (Wildman–Crippen MR) is 82.2 cm³/mol. The van der Waals surface area contributed by atoms with Gasteiger partial charge in [-0.3, -0.25) is 9.59 Å². The van der Waals surface area contributed by atoms with Crippen molar-refractivity contribution in [3.63, 3.8) is 0 Å². The number of rotatable bonds is 9. The molecule has 8 nitrogen and oxygen atoms in total. The zero-order chi connectivity index (χ0) is 15.8. The standard InChI is InChI=1S/C12H21N5O3S/c1-7(2)5-16-12-17-10(14)9(21-12)11(19)15-3-4-20-6-8(13)18/h7H,3-6,14H2,1-2H3,(H2,13,18)(H,15,19)(H,16,17). The lowest BCUT2D eigenvalue weighted by Gasteiger charge is -2.04. The van der Waals surface area contributed by atoms with Gasteiger partial charge in [0.25, 0.3) is 5.91 Å². The number of aromatic nitrogens is 1. The van der Waals surface area contributed by atoms with Crippen molar-refractivity contribution < 1.29 is 14.3 Å². The first kappa shape index (κ1) is 17.2. The lowest BCUT2D eigenvalue weighted by molar-refractivity contribution is -0.122. The van der Waals surface area contributed by atoms with Gasteiger partial charge in [0.15, 0.2) is 5.13 Å². The van der Waals surface area contributed by atoms with E-state index in [4.69, 9.17) is 16.2 Å². The van der Waals surface area contributed by atoms with Crippen molar-refractivity contribution in [1.29, 1.82) is 0 Å². The molecule has 1 heterocycles. The van der Waals surface area contributed by atoms with Gasteiger partial charge in [-0.2, -0.15) is 0 Å². The normalized spacial score (nSPS) is 10.6. The van der Waals surface area contributed by atoms with Gasteiger partial charge in [0.2, 0.25) is 5.91 Å². The molecule has 1 rings (SSSR count). The summed E-state index contributed by atoms with van der Waals surface area (Å²) in [5.41, 5.74) is 10.6. The van der Waals surface area contributed by atoms with Gasteiger partial charge in [-0.15, -0.1) is 0 Å². The van der Waals surface area contributed by atoms with Crippen molar-refractivity contribution in [3.8, 4) is 0 Å². The van der Waals surface area contributed by atoms with E-state index in [1.807, 2.05) is 0 Å². The monoisotopic (exact) mass is 315 g/mol. The maximum atomic E-state index is 11.9. The molecule has 0 saturated carbocycles. The third kappa shape index (κ3) is 6.41. The number of nitrogens with one attached hydrogen (secondary N) is 2. The molecule has 0 fully saturated rings. The molecule has 118 valence electrons. The van der Waals surface area contributed by atoms with Gasteiger partial charge in [-0.05, 0) is 5.92 Å². The number of carbonyl (C=O) groups excluding carboxylic acids is 2. The maximum absolute atomic E-state index is 11.9. The van der Waals surface area contributed by atoms with E-state index in [9.17, 15) is 9.59 Å². The van der Waals surface area contributed by atoms with Gasteiger partial charge in [0, 0.05) is 13.1 Å². The number of ether oxygens (including phenoxy) is 1. The van der Waals surface area contributed by atoms with Gasteiger partial charge in [0.05, 0.1) is 6.61 Å². The van der Waals surface area contributed by atoms with Crippen LogP contribution in [0.2, 0.25) is 0 Å². The molecule has 0 spiro atoms. The van der Waals surface area contributed by atoms with Crippen LogP contribution in [0.4, 0.5) is 10.9 Å². The highest BCUT2D eigenvalue weighted by atomic mass is 32.1. The lowest BCUT2D eigenvalue weighted by Crippen LogP contribution is -2.28. The molecule has 9 heteroatoms. The fraction of sp³-hybridized carbons (Fsp3) is 0.583. The van der Waals surface area contributed by atoms with E-state index in [1.165, 1.54) is 11.3 Å². The molecule has 0 saturated heterocycles. The Kier molecular flexibility index (Phi) is 6.89. The van der Waals surface area contributed by atoms with Crippen LogP contribution in [-0.4, -0.2) is 43.1 Å². The maximum Gasteiger partial charge on any atom is 0.265 e. The van der Waals surface area contributed by atoms with Crippen molar-refractivity contribution in [3.05, 3.63) is 4.88 Å². The number of nitrogens with two attached hydrogens (primary N) is 2. The molecule has 0 aliphatic carbocycles. The predicted octanol–water partition coefficient (Wildman–Crippen LogP) is 0.0249. The van der Waals surface area contributed by atoms with Crippen molar-refractivity contribution >= 4 is 34.1 Å². The number of thiazole rings is 1. The number of primary amides is 1. The van der Waals surface area contributed by atoms with E-state index in [1.54, 1.807) is 0 Å². The molecule has 6 N–H and O–H groups in total. The van der Waals surface area contributed by atoms with Crippen molar-refractivity contribution in [1.82, 2.24) is 10.3 Å². The Morgan fingerprint density at radius 2 is 2.14 bits per heavy atom. The van der Waals surface area contributed by atoms with Crippen LogP contribution in [0.5, 0.6) is 0 Å². The Bertz CT molecular complexity index is 489. The molecular weight excluding hydrogens is 294 g/mol. The van der Waals surface area contributed by atoms with Crippen LogP contribution in [0.3, 0.4) is 0 Å². The summed E-state index contributed by atoms with van der Waals surface area (Å²) in [6.45, 7) is 5.20. The van der Waals surface area contributed by atoms with Gasteiger partial charge < -0.3 is 26.8 Å². The van der Waals surface area contributed by atoms with Crippen LogP contribution in [-0.2, 0) is 9.53 Å². The number of hydrogen-bond donors (Lipinski definition) is 4. The summed E-state index contributed by atoms with van der Waals surface area (Å²) >= 11 is 1.20. The minimum atomic E-state index is -0.547. The summed E-state index contributed by atoms with van der Waals surface area (Å²) in [6, 6.07) is 0. The van der Waals surface area contributed by atoms with Gasteiger partial charge >= 0.3 is 0 Å². The second-order valence-corrected chi connectivity index (χ2v) is 5.78. The second-order valence-electron chi connectivity index (χ2n) is 4.78. The first-order valence-corrected chi connectivity index (χ1v) is 7.36. The summed E-state index contributed by atoms with van der Waals surface area (Å²) in [5.74, 6) is -0.198. The van der Waals surface area contributed by atoms with E-state index in [0.29, 0.717) is 15.9 Å². The molecule has 0 aliphatic rings. The van der Waals surface area contributed by atoms with Gasteiger partial charge in [-0.1, -0.05) is 25.2 Å². The zero-order valence-corrected chi connectivity index (χ0v) is 13.0. The summed E-state index contributed by atoms with van der Waals surface area (Å²) in [4.78, 5) is 26.8. The number of hydrogen-bond acceptors (Lipinski definition) is 7. The summed E-state index contributed by atoms with van der Waals surface area (Å²) < 4.78 is 4.94. The molecule has 1 aromatic rings. The Morgan fingerprint density at radius 1 is 1.43 bits per heavy atom. The van der Waals surface area contributed by atoms with Crippen LogP contribution >= 0.6 is 11.3 Å². The highest BCUT2D eigenvalue weighted by Gasteiger charge is 2.15. The third-order valence-electron chi connectivity index (χ3n) is 2.30. The van der Waals surface area contributed by atoms with E-state index >= 15 is 0 Å². The van der Waals surface area contributed by atoms with Crippen LogP contribution in [0, 0.1) is 5.92 Å². The van der Waals surface area contributed by atoms with E-state index in [-0.39, 0.29) is 31.5 Å². The van der Waals surface area contributed by atoms with Crippen LogP contribution in [0.1, 0.15) is 23.5 Å². The van der Waals surface area contributed by atoms with E-state index in [0.717, 1.165) is 6.54 Å². The van der Waals surface area contributed by atoms with Crippen LogP contribution in [0.25, 0.3) is 0 Å². The van der Waals surface area contributed by atoms with Gasteiger partial charge in [-0.25, -0.2) is 4.98 Å². The molecule has 0 bridgehead atoms. The summed E-state index contributed by atoms with van der Waals surface area (Å²) in [7, 11) is 0. The topological polar surface area (TPSA) is 132 Å². The molecule has 0 aromatic carbocycles. The van der Waals surface area contributed by atoms with Crippen LogP contribution in [0.15, 0.2) is 0 Å². The molecule has 0 radical (unpaired) electrons. The molecule has 0 aliphatic heterocycles. The zero-order valence-electron chi connectivity index (χ0n) is 12.1. The third-order valence-corrected chi connectivity index (χ3v) is 3.33. The second kappa shape index (κ2) is 8.42. The summed E-state index contributed by atoms with van der Waals surface area (Å²) in [6.07, 6.45) is 0. The lowest BCUT2D eigenvalue weighted by atomic mass is 10.2. The minimum Gasteiger partial charge on any atom is -0.382 e. The summed E-state index contributed by atoms with van der Waals surface area (Å²) in [5, 5.41) is 6.38. The number of carbonyl (C=O) groups is 2. The SMILES string of the molecule is CC(C)CNc1nc(N)c(C(=O)NCCOCC(N)=O)s1. The van der Waals surface area contributed by atoms with Crippen LogP contribution < -0.4 is 22.1 Å². The van der Waals surface area contributed by atoms with Gasteiger partial charge in [0.1, 0.15) is 17.3 Å². The minimum absolute atomic E-state index is 0.165. The number of nitrogen functional groups attached to an aromatic ring is 1. The van der Waals surface area contributed by atoms with Crippen molar-refractivity contribution in [2.24, 2.45) is 11.7 Å². The molecule has 1 aromatic heterocycles. The first-order valence-electron chi connectivity index (χ1n) is 6.54. The Labute approximate surface area is 127 Å². The molecule has 0 atom stereocenters. The molecule has 2 amide bonds. The fourth-order valence-electron chi connectivity index (χ4n) is 1.35. The first-order chi connectivity index (χ1) is 9.90. The average Bonchev–Trinajstić information content (AvgIpc) is 2.76. The highest BCUT2D eigenvalue weighted by Crippen LogP contribution is 2.24. The highest BCUT2D eigenvalue weighted by molar-refractivity contribution is 7.18. The Morgan fingerprint density at radius 3 is 2.76 bits per heavy atom. The van der Waals surface area contributed by atoms with Crippen molar-refractivity contribution in [2.45, 2.75) is 13.8 Å². The Hall–Kier alpha value is -1.87. The largest absolute Gasteiger partial charge is 0.382 e. The van der Waals surface area contributed by atoms with Crippen molar-refractivity contribution in [2.75, 3.05) is 37.4 Å². The van der Waals surface area contributed by atoms with E-state index in [2.05, 4.69) is 29.5 Å². The quantitative estimate of drug-likeness (QED) is 0.475. The number of nitrogens with zero attached hydrogens (tertiary/aromatic N) is 1.